The van der Waals surface area contributed by atoms with Crippen LogP contribution < -0.4 is 14.2 Å². The van der Waals surface area contributed by atoms with Crippen LogP contribution in [0.2, 0.25) is 5.15 Å². The van der Waals surface area contributed by atoms with Gasteiger partial charge in [-0.05, 0) is 31.2 Å². The number of carboxylic acids is 1. The second-order valence-corrected chi connectivity index (χ2v) is 6.86. The van der Waals surface area contributed by atoms with Crippen molar-refractivity contribution in [3.63, 3.8) is 0 Å². The Morgan fingerprint density at radius 1 is 0.821 bits per heavy atom. The normalized spacial score (nSPS) is 11.2. The molecule has 18 heteroatoms. The number of carboxylic acid groups (broad SMARTS) is 1. The molecule has 0 aromatic carbocycles. The first-order chi connectivity index (χ1) is 18.2. The average Bonchev–Trinajstić information content (AvgIpc) is 2.84. The van der Waals surface area contributed by atoms with E-state index in [0.29, 0.717) is 0 Å². The summed E-state index contributed by atoms with van der Waals surface area (Å²) in [5.41, 5.74) is -0.293. The molecule has 39 heavy (non-hydrogen) atoms. The summed E-state index contributed by atoms with van der Waals surface area (Å²) in [6.45, 7) is -0.280. The summed E-state index contributed by atoms with van der Waals surface area (Å²) in [7, 11) is 1.18. The highest BCUT2D eigenvalue weighted by molar-refractivity contribution is 6.31. The number of methoxy groups -OCH3 is 1. The summed E-state index contributed by atoms with van der Waals surface area (Å²) >= 11 is 5.69. The van der Waals surface area contributed by atoms with Crippen molar-refractivity contribution in [2.75, 3.05) is 40.1 Å². The Labute approximate surface area is 221 Å². The van der Waals surface area contributed by atoms with Crippen LogP contribution in [-0.4, -0.2) is 79.9 Å². The van der Waals surface area contributed by atoms with Crippen molar-refractivity contribution >= 4 is 23.5 Å². The number of carbonyl (C=O) groups is 2. The summed E-state index contributed by atoms with van der Waals surface area (Å²) in [5, 5.41) is 8.61. The Bertz CT molecular complexity index is 1090. The number of aromatic carboxylic acids is 1. The van der Waals surface area contributed by atoms with Gasteiger partial charge >= 0.3 is 24.7 Å². The molecule has 0 aliphatic carbocycles. The fourth-order valence-corrected chi connectivity index (χ4v) is 2.47. The third kappa shape index (κ3) is 13.7. The maximum atomic E-state index is 11.7. The van der Waals surface area contributed by atoms with Crippen LogP contribution in [-0.2, 0) is 14.2 Å². The standard InChI is InChI=1S/C11H12F3NO5.C10H9ClF3NO4/c1-2-18-9-8(4-3-7(15-9)10(16)17)19-5-6-20-11(12,13)14;1-17-9(16)6-2-3-7(8(11)15-6)18-4-5-19-10(12,13)14/h3-4H,2,5-6H2,1H3,(H,16,17);2-3H,4-5H2,1H3. The van der Waals surface area contributed by atoms with E-state index in [2.05, 4.69) is 24.2 Å². The fourth-order valence-electron chi connectivity index (χ4n) is 2.26. The Morgan fingerprint density at radius 2 is 1.33 bits per heavy atom. The van der Waals surface area contributed by atoms with Crippen molar-refractivity contribution in [1.82, 2.24) is 9.97 Å². The number of pyridine rings is 2. The van der Waals surface area contributed by atoms with Crippen molar-refractivity contribution < 1.29 is 69.5 Å². The van der Waals surface area contributed by atoms with Crippen molar-refractivity contribution in [2.24, 2.45) is 0 Å². The molecule has 0 amide bonds. The number of nitrogens with zero attached hydrogens (tertiary/aromatic N) is 2. The molecule has 2 aromatic rings. The van der Waals surface area contributed by atoms with Gasteiger partial charge in [0.05, 0.1) is 26.9 Å². The van der Waals surface area contributed by atoms with Crippen molar-refractivity contribution in [2.45, 2.75) is 19.6 Å². The summed E-state index contributed by atoms with van der Waals surface area (Å²) in [6.07, 6.45) is -9.43. The van der Waals surface area contributed by atoms with Gasteiger partial charge in [-0.1, -0.05) is 11.6 Å². The van der Waals surface area contributed by atoms with Gasteiger partial charge in [-0.15, -0.1) is 26.3 Å². The van der Waals surface area contributed by atoms with Crippen molar-refractivity contribution in [1.29, 1.82) is 0 Å². The second kappa shape index (κ2) is 15.7. The Morgan fingerprint density at radius 3 is 1.79 bits per heavy atom. The number of halogens is 7. The first-order valence-electron chi connectivity index (χ1n) is 10.5. The number of rotatable bonds is 12. The van der Waals surface area contributed by atoms with E-state index in [4.69, 9.17) is 30.9 Å². The lowest BCUT2D eigenvalue weighted by molar-refractivity contribution is -0.326. The van der Waals surface area contributed by atoms with Crippen LogP contribution in [0, 0.1) is 0 Å². The molecule has 11 nitrogen and oxygen atoms in total. The van der Waals surface area contributed by atoms with Crippen LogP contribution in [0.25, 0.3) is 0 Å². The van der Waals surface area contributed by atoms with Gasteiger partial charge in [-0.3, -0.25) is 9.47 Å². The maximum Gasteiger partial charge on any atom is 0.522 e. The molecule has 0 saturated heterocycles. The monoisotopic (exact) mass is 594 g/mol. The molecule has 2 rings (SSSR count). The van der Waals surface area contributed by atoms with E-state index < -0.39 is 37.9 Å². The molecule has 0 radical (unpaired) electrons. The lowest BCUT2D eigenvalue weighted by Crippen LogP contribution is -2.18. The zero-order chi connectivity index (χ0) is 29.6. The predicted octanol–water partition coefficient (Wildman–Crippen LogP) is 4.53. The van der Waals surface area contributed by atoms with Crippen LogP contribution in [0.1, 0.15) is 27.9 Å². The highest BCUT2D eigenvalue weighted by atomic mass is 35.5. The molecule has 0 spiro atoms. The van der Waals surface area contributed by atoms with E-state index in [1.165, 1.54) is 25.3 Å². The third-order valence-electron chi connectivity index (χ3n) is 3.75. The molecule has 0 fully saturated rings. The van der Waals surface area contributed by atoms with Crippen LogP contribution in [0.15, 0.2) is 24.3 Å². The molecule has 0 bridgehead atoms. The topological polar surface area (TPSA) is 136 Å². The van der Waals surface area contributed by atoms with Gasteiger partial charge in [0, 0.05) is 0 Å². The number of aromatic nitrogens is 2. The minimum atomic E-state index is -4.72. The highest BCUT2D eigenvalue weighted by Crippen LogP contribution is 2.26. The van der Waals surface area contributed by atoms with E-state index >= 15 is 0 Å². The molecule has 1 N–H and O–H groups in total. The lowest BCUT2D eigenvalue weighted by Gasteiger charge is -2.12. The number of carbonyl (C=O) groups excluding carboxylic acids is 1. The SMILES string of the molecule is CCOc1nc(C(=O)O)ccc1OCCOC(F)(F)F.COC(=O)c1ccc(OCCOC(F)(F)F)c(Cl)n1. The minimum absolute atomic E-state index is 0.0357. The molecule has 0 saturated carbocycles. The van der Waals surface area contributed by atoms with Crippen molar-refractivity contribution in [3.05, 3.63) is 40.8 Å². The highest BCUT2D eigenvalue weighted by Gasteiger charge is 2.29. The fraction of sp³-hybridized carbons (Fsp3) is 0.429. The molecule has 2 aromatic heterocycles. The number of hydrogen-bond donors (Lipinski definition) is 1. The van der Waals surface area contributed by atoms with E-state index in [1.807, 2.05) is 0 Å². The van der Waals surface area contributed by atoms with E-state index in [1.54, 1.807) is 6.92 Å². The largest absolute Gasteiger partial charge is 0.522 e. The first kappa shape index (κ1) is 33.5. The third-order valence-corrected chi connectivity index (χ3v) is 4.02. The number of esters is 1. The summed E-state index contributed by atoms with van der Waals surface area (Å²) in [4.78, 5) is 29.2. The summed E-state index contributed by atoms with van der Waals surface area (Å²) in [6, 6.07) is 4.99. The molecule has 2 heterocycles. The summed E-state index contributed by atoms with van der Waals surface area (Å²) in [5.74, 6) is -1.95. The molecular formula is C21H21ClF6N2O9. The van der Waals surface area contributed by atoms with Gasteiger partial charge in [-0.2, -0.15) is 0 Å². The lowest BCUT2D eigenvalue weighted by atomic mass is 10.3. The van der Waals surface area contributed by atoms with Crippen molar-refractivity contribution in [3.8, 4) is 17.4 Å². The molecule has 0 atom stereocenters. The van der Waals surface area contributed by atoms with Gasteiger partial charge in [0.2, 0.25) is 0 Å². The smallest absolute Gasteiger partial charge is 0.488 e. The Kier molecular flexibility index (Phi) is 13.5. The van der Waals surface area contributed by atoms with Crippen LogP contribution in [0.3, 0.4) is 0 Å². The molecule has 0 aliphatic rings. The number of alkyl halides is 6. The second-order valence-electron chi connectivity index (χ2n) is 6.50. The zero-order valence-electron chi connectivity index (χ0n) is 20.1. The zero-order valence-corrected chi connectivity index (χ0v) is 20.9. The average molecular weight is 595 g/mol. The molecule has 0 aliphatic heterocycles. The first-order valence-corrected chi connectivity index (χ1v) is 10.8. The van der Waals surface area contributed by atoms with Crippen LogP contribution >= 0.6 is 11.6 Å². The van der Waals surface area contributed by atoms with E-state index in [9.17, 15) is 35.9 Å². The Hall–Kier alpha value is -3.57. The number of hydrogen-bond acceptors (Lipinski definition) is 10. The number of ether oxygens (including phenoxy) is 6. The van der Waals surface area contributed by atoms with Crippen LogP contribution in [0.5, 0.6) is 17.4 Å². The quantitative estimate of drug-likeness (QED) is 0.161. The van der Waals surface area contributed by atoms with Crippen LogP contribution in [0.4, 0.5) is 26.3 Å². The maximum absolute atomic E-state index is 11.7. The van der Waals surface area contributed by atoms with E-state index in [-0.39, 0.29) is 53.7 Å². The molecule has 218 valence electrons. The molecule has 0 unspecified atom stereocenters. The van der Waals surface area contributed by atoms with Gasteiger partial charge in [0.1, 0.15) is 18.9 Å². The van der Waals surface area contributed by atoms with E-state index in [0.717, 1.165) is 6.07 Å². The Balaban J connectivity index is 0.000000391. The van der Waals surface area contributed by atoms with Gasteiger partial charge in [0.25, 0.3) is 5.88 Å². The van der Waals surface area contributed by atoms with Gasteiger partial charge in [0.15, 0.2) is 22.3 Å². The van der Waals surface area contributed by atoms with Gasteiger partial charge < -0.3 is 24.1 Å². The molecular weight excluding hydrogens is 574 g/mol. The summed E-state index contributed by atoms with van der Waals surface area (Å²) < 4.78 is 96.7. The minimum Gasteiger partial charge on any atom is -0.488 e. The predicted molar refractivity (Wildman–Crippen MR) is 118 cm³/mol. The van der Waals surface area contributed by atoms with Gasteiger partial charge in [-0.25, -0.2) is 19.6 Å².